The highest BCUT2D eigenvalue weighted by Gasteiger charge is 2.30. The molecule has 132 valence electrons. The van der Waals surface area contributed by atoms with E-state index in [1.165, 1.54) is 23.0 Å². The van der Waals surface area contributed by atoms with Crippen molar-refractivity contribution in [3.05, 3.63) is 0 Å². The third-order valence-corrected chi connectivity index (χ3v) is 3.41. The summed E-state index contributed by atoms with van der Waals surface area (Å²) in [4.78, 5) is 46.7. The first-order valence-electron chi connectivity index (χ1n) is 7.21. The molecule has 2 atom stereocenters. The average Bonchev–Trinajstić information content (AvgIpc) is 2.43. The van der Waals surface area contributed by atoms with E-state index >= 15 is 0 Å². The summed E-state index contributed by atoms with van der Waals surface area (Å²) in [5.41, 5.74) is 0. The van der Waals surface area contributed by atoms with Crippen molar-refractivity contribution < 1.29 is 27.4 Å². The number of hydrogen-bond donors (Lipinski definition) is 3. The van der Waals surface area contributed by atoms with Gasteiger partial charge in [-0.2, -0.15) is 0 Å². The Hall–Kier alpha value is -1.23. The van der Waals surface area contributed by atoms with E-state index in [1.807, 2.05) is 0 Å². The highest BCUT2D eigenvalue weighted by Crippen LogP contribution is 2.08. The molecule has 0 saturated carbocycles. The minimum Gasteiger partial charge on any atom is -0.481 e. The summed E-state index contributed by atoms with van der Waals surface area (Å²) in [5.74, 6) is -3.13. The van der Waals surface area contributed by atoms with Crippen LogP contribution in [0.5, 0.6) is 0 Å². The average molecular weight is 442 g/mol. The fraction of sp³-hybridized carbons (Fsp3) is 0.714. The minimum absolute atomic E-state index is 0.122. The van der Waals surface area contributed by atoms with Gasteiger partial charge in [0, 0.05) is 12.0 Å². The van der Waals surface area contributed by atoms with Crippen LogP contribution < -0.4 is 10.6 Å². The molecule has 0 saturated heterocycles. The maximum atomic E-state index is 12.3. The van der Waals surface area contributed by atoms with Crippen molar-refractivity contribution in [1.82, 2.24) is 10.6 Å². The minimum atomic E-state index is -1.14. The molecule has 0 aliphatic carbocycles. The van der Waals surface area contributed by atoms with E-state index in [9.17, 15) is 19.2 Å². The molecule has 2 unspecified atom stereocenters. The lowest BCUT2D eigenvalue weighted by Crippen LogP contribution is -2.53. The van der Waals surface area contributed by atoms with E-state index in [-0.39, 0.29) is 18.2 Å². The number of carbonyl (C=O) groups excluding carboxylic acids is 3. The molecule has 3 N–H and O–H groups in total. The van der Waals surface area contributed by atoms with Crippen molar-refractivity contribution in [1.29, 1.82) is 0 Å². The van der Waals surface area contributed by atoms with E-state index < -0.39 is 42.3 Å². The van der Waals surface area contributed by atoms with Crippen LogP contribution in [0, 0.1) is 5.92 Å². The first-order valence-corrected chi connectivity index (χ1v) is 8.09. The van der Waals surface area contributed by atoms with Crippen LogP contribution in [0.3, 0.4) is 0 Å². The Bertz CT molecular complexity index is 453. The SMILES string of the molecule is CC(C)NC(CC(=O)O)C(=O)NC(CC(=O)OI)C(=O)C(C)C. The highest BCUT2D eigenvalue weighted by atomic mass is 127. The van der Waals surface area contributed by atoms with Gasteiger partial charge in [-0.25, -0.2) is 0 Å². The van der Waals surface area contributed by atoms with Crippen LogP contribution in [0.4, 0.5) is 0 Å². The van der Waals surface area contributed by atoms with Gasteiger partial charge >= 0.3 is 11.9 Å². The number of amides is 1. The van der Waals surface area contributed by atoms with Crippen LogP contribution in [0.2, 0.25) is 0 Å². The summed E-state index contributed by atoms with van der Waals surface area (Å²) in [7, 11) is 0. The lowest BCUT2D eigenvalue weighted by atomic mass is 9.98. The molecule has 0 aromatic carbocycles. The van der Waals surface area contributed by atoms with E-state index in [2.05, 4.69) is 13.7 Å². The monoisotopic (exact) mass is 442 g/mol. The van der Waals surface area contributed by atoms with E-state index in [0.717, 1.165) is 0 Å². The molecule has 0 radical (unpaired) electrons. The normalized spacial score (nSPS) is 13.5. The summed E-state index contributed by atoms with van der Waals surface area (Å²) in [5, 5.41) is 14.2. The van der Waals surface area contributed by atoms with Gasteiger partial charge < -0.3 is 18.8 Å². The molecule has 1 amide bonds. The lowest BCUT2D eigenvalue weighted by Gasteiger charge is -2.23. The zero-order chi connectivity index (χ0) is 18.2. The van der Waals surface area contributed by atoms with Crippen LogP contribution in [0.25, 0.3) is 0 Å². The topological polar surface area (TPSA) is 122 Å². The van der Waals surface area contributed by atoms with Gasteiger partial charge in [0.2, 0.25) is 5.91 Å². The zero-order valence-corrected chi connectivity index (χ0v) is 15.7. The first-order chi connectivity index (χ1) is 10.6. The van der Waals surface area contributed by atoms with Gasteiger partial charge in [-0.05, 0) is 0 Å². The van der Waals surface area contributed by atoms with Crippen LogP contribution in [-0.4, -0.2) is 46.9 Å². The molecule has 9 heteroatoms. The third-order valence-electron chi connectivity index (χ3n) is 2.92. The Labute approximate surface area is 149 Å². The summed E-state index contributed by atoms with van der Waals surface area (Å²) >= 11 is 1.40. The van der Waals surface area contributed by atoms with Gasteiger partial charge in [0.05, 0.1) is 24.9 Å². The smallest absolute Gasteiger partial charge is 0.317 e. The van der Waals surface area contributed by atoms with Crippen LogP contribution in [-0.2, 0) is 22.2 Å². The maximum Gasteiger partial charge on any atom is 0.317 e. The summed E-state index contributed by atoms with van der Waals surface area (Å²) < 4.78 is 4.50. The second-order valence-electron chi connectivity index (χ2n) is 5.74. The standard InChI is InChI=1S/C14H23IN2O6/c1-7(2)13(21)9(6-12(20)23-15)17-14(22)10(5-11(18)19)16-8(3)4/h7-10,16H,5-6H2,1-4H3,(H,17,22)(H,18,19). The number of rotatable bonds is 10. The van der Waals surface area contributed by atoms with E-state index in [4.69, 9.17) is 5.11 Å². The van der Waals surface area contributed by atoms with Gasteiger partial charge in [-0.1, -0.05) is 27.7 Å². The Morgan fingerprint density at radius 3 is 2.00 bits per heavy atom. The number of carboxylic acid groups (broad SMARTS) is 1. The van der Waals surface area contributed by atoms with Gasteiger partial charge in [-0.3, -0.25) is 19.2 Å². The van der Waals surface area contributed by atoms with Crippen LogP contribution in [0.15, 0.2) is 0 Å². The Morgan fingerprint density at radius 2 is 1.61 bits per heavy atom. The quantitative estimate of drug-likeness (QED) is 0.429. The molecule has 0 heterocycles. The molecule has 0 fully saturated rings. The molecule has 0 aliphatic rings. The number of Topliss-reactive ketones (excluding diaryl/α,β-unsaturated/α-hetero) is 1. The van der Waals surface area contributed by atoms with Crippen molar-refractivity contribution in [2.75, 3.05) is 0 Å². The van der Waals surface area contributed by atoms with Gasteiger partial charge in [0.1, 0.15) is 0 Å². The number of carboxylic acids is 1. The van der Waals surface area contributed by atoms with Crippen LogP contribution in [0.1, 0.15) is 40.5 Å². The number of nitrogens with one attached hydrogen (secondary N) is 2. The second kappa shape index (κ2) is 10.5. The number of ketones is 1. The first kappa shape index (κ1) is 21.8. The van der Waals surface area contributed by atoms with Crippen molar-refractivity contribution in [2.45, 2.75) is 58.7 Å². The van der Waals surface area contributed by atoms with Gasteiger partial charge in [0.15, 0.2) is 28.8 Å². The maximum absolute atomic E-state index is 12.3. The molecule has 0 aromatic heterocycles. The molecular weight excluding hydrogens is 419 g/mol. The van der Waals surface area contributed by atoms with E-state index in [1.54, 1.807) is 27.7 Å². The number of halogens is 1. The predicted octanol–water partition coefficient (Wildman–Crippen LogP) is 0.821. The molecule has 8 nitrogen and oxygen atoms in total. The van der Waals surface area contributed by atoms with Crippen LogP contribution >= 0.6 is 23.0 Å². The summed E-state index contributed by atoms with van der Waals surface area (Å²) in [6, 6.07) is -2.16. The van der Waals surface area contributed by atoms with Gasteiger partial charge in [-0.15, -0.1) is 0 Å². The van der Waals surface area contributed by atoms with Gasteiger partial charge in [0.25, 0.3) is 0 Å². The number of aliphatic carboxylic acids is 1. The van der Waals surface area contributed by atoms with Crippen molar-refractivity contribution in [2.24, 2.45) is 5.92 Å². The lowest BCUT2D eigenvalue weighted by molar-refractivity contribution is -0.141. The van der Waals surface area contributed by atoms with E-state index in [0.29, 0.717) is 0 Å². The number of hydrogen-bond acceptors (Lipinski definition) is 6. The largest absolute Gasteiger partial charge is 0.481 e. The molecule has 0 rings (SSSR count). The predicted molar refractivity (Wildman–Crippen MR) is 90.8 cm³/mol. The van der Waals surface area contributed by atoms with Crippen molar-refractivity contribution in [3.8, 4) is 0 Å². The third kappa shape index (κ3) is 8.84. The highest BCUT2D eigenvalue weighted by molar-refractivity contribution is 14.1. The number of carbonyl (C=O) groups is 4. The fourth-order valence-electron chi connectivity index (χ4n) is 1.90. The Kier molecular flexibility index (Phi) is 9.96. The zero-order valence-electron chi connectivity index (χ0n) is 13.6. The molecule has 0 aliphatic heterocycles. The second-order valence-corrected chi connectivity index (χ2v) is 6.18. The molecule has 0 aromatic rings. The Balaban J connectivity index is 5.11. The summed E-state index contributed by atoms with van der Waals surface area (Å²) in [6.45, 7) is 6.84. The fourth-order valence-corrected chi connectivity index (χ4v) is 2.08. The molecular formula is C14H23IN2O6. The molecule has 0 spiro atoms. The molecule has 23 heavy (non-hydrogen) atoms. The molecule has 0 bridgehead atoms. The van der Waals surface area contributed by atoms with Crippen molar-refractivity contribution >= 4 is 46.6 Å². The van der Waals surface area contributed by atoms with Crippen molar-refractivity contribution in [3.63, 3.8) is 0 Å². The Morgan fingerprint density at radius 1 is 1.04 bits per heavy atom. The summed E-state index contributed by atoms with van der Waals surface area (Å²) in [6.07, 6.45) is -0.726.